The van der Waals surface area contributed by atoms with Crippen LogP contribution in [0.2, 0.25) is 0 Å². The Morgan fingerprint density at radius 1 is 1.00 bits per heavy atom. The van der Waals surface area contributed by atoms with Crippen LogP contribution in [0.3, 0.4) is 0 Å². The number of nitrogens with one attached hydrogen (secondary N) is 2. The molecule has 2 aromatic heterocycles. The van der Waals surface area contributed by atoms with E-state index in [0.717, 1.165) is 16.8 Å². The highest BCUT2D eigenvalue weighted by atomic mass is 16.2. The van der Waals surface area contributed by atoms with E-state index in [1.807, 2.05) is 30.5 Å². The molecule has 26 heavy (non-hydrogen) atoms. The molecule has 132 valence electrons. The second-order valence-electron chi connectivity index (χ2n) is 5.79. The quantitative estimate of drug-likeness (QED) is 0.711. The normalized spacial score (nSPS) is 10.3. The number of hydrogen-bond donors (Lipinski definition) is 2. The zero-order chi connectivity index (χ0) is 18.4. The van der Waals surface area contributed by atoms with Gasteiger partial charge in [0.15, 0.2) is 0 Å². The molecule has 7 heteroatoms. The molecule has 0 bridgehead atoms. The van der Waals surface area contributed by atoms with E-state index >= 15 is 0 Å². The molecule has 3 aromatic rings. The molecule has 0 radical (unpaired) electrons. The van der Waals surface area contributed by atoms with Gasteiger partial charge >= 0.3 is 0 Å². The fourth-order valence-corrected chi connectivity index (χ4v) is 2.37. The maximum absolute atomic E-state index is 12.2. The Labute approximate surface area is 151 Å². The highest BCUT2D eigenvalue weighted by Crippen LogP contribution is 2.11. The van der Waals surface area contributed by atoms with E-state index in [1.165, 1.54) is 6.92 Å². The average molecular weight is 349 g/mol. The number of carbonyl (C=O) groups is 2. The third-order valence-corrected chi connectivity index (χ3v) is 3.75. The van der Waals surface area contributed by atoms with Crippen LogP contribution < -0.4 is 10.6 Å². The Morgan fingerprint density at radius 3 is 2.46 bits per heavy atom. The van der Waals surface area contributed by atoms with E-state index in [2.05, 4.69) is 20.7 Å². The minimum Gasteiger partial charge on any atom is -0.352 e. The monoisotopic (exact) mass is 349 g/mol. The Kier molecular flexibility index (Phi) is 5.38. The lowest BCUT2D eigenvalue weighted by Gasteiger charge is -2.06. The van der Waals surface area contributed by atoms with Crippen LogP contribution in [0.4, 0.5) is 0 Å². The predicted molar refractivity (Wildman–Crippen MR) is 96.5 cm³/mol. The minimum atomic E-state index is -0.146. The molecule has 3 rings (SSSR count). The SMILES string of the molecule is CC(=O)NCc1cnn(-c2ccc(C(=O)NCc3cccnc3)cc2)c1. The molecule has 0 saturated heterocycles. The van der Waals surface area contributed by atoms with Crippen molar-refractivity contribution in [3.8, 4) is 5.69 Å². The first-order valence-corrected chi connectivity index (χ1v) is 8.17. The second-order valence-corrected chi connectivity index (χ2v) is 5.79. The molecule has 0 aliphatic rings. The standard InChI is InChI=1S/C19H19N5O2/c1-14(25)21-11-16-12-23-24(13-16)18-6-4-17(5-7-18)19(26)22-10-15-3-2-8-20-9-15/h2-9,12-13H,10-11H2,1H3,(H,21,25)(H,22,26). The molecule has 0 atom stereocenters. The summed E-state index contributed by atoms with van der Waals surface area (Å²) < 4.78 is 1.70. The van der Waals surface area contributed by atoms with Crippen LogP contribution in [0.5, 0.6) is 0 Å². The fourth-order valence-electron chi connectivity index (χ4n) is 2.37. The van der Waals surface area contributed by atoms with Crippen molar-refractivity contribution in [1.82, 2.24) is 25.4 Å². The maximum atomic E-state index is 12.2. The number of aromatic nitrogens is 3. The van der Waals surface area contributed by atoms with Gasteiger partial charge in [0.2, 0.25) is 5.91 Å². The van der Waals surface area contributed by atoms with Gasteiger partial charge in [-0.1, -0.05) is 6.07 Å². The molecule has 2 heterocycles. The number of hydrogen-bond acceptors (Lipinski definition) is 4. The van der Waals surface area contributed by atoms with E-state index in [-0.39, 0.29) is 11.8 Å². The van der Waals surface area contributed by atoms with Crippen molar-refractivity contribution in [3.63, 3.8) is 0 Å². The highest BCUT2D eigenvalue weighted by molar-refractivity contribution is 5.94. The van der Waals surface area contributed by atoms with E-state index in [0.29, 0.717) is 18.7 Å². The first-order chi connectivity index (χ1) is 12.6. The molecule has 0 aliphatic heterocycles. The summed E-state index contributed by atoms with van der Waals surface area (Å²) in [5, 5.41) is 9.87. The number of nitrogens with zero attached hydrogens (tertiary/aromatic N) is 3. The molecule has 2 N–H and O–H groups in total. The molecule has 0 spiro atoms. The summed E-state index contributed by atoms with van der Waals surface area (Å²) in [5.41, 5.74) is 3.25. The molecule has 0 fully saturated rings. The van der Waals surface area contributed by atoms with E-state index in [1.54, 1.807) is 35.4 Å². The fraction of sp³-hybridized carbons (Fsp3) is 0.158. The zero-order valence-electron chi connectivity index (χ0n) is 14.3. The van der Waals surface area contributed by atoms with Crippen LogP contribution in [0.1, 0.15) is 28.4 Å². The van der Waals surface area contributed by atoms with Crippen molar-refractivity contribution in [2.24, 2.45) is 0 Å². The van der Waals surface area contributed by atoms with E-state index < -0.39 is 0 Å². The van der Waals surface area contributed by atoms with Gasteiger partial charge in [0, 0.05) is 49.7 Å². The minimum absolute atomic E-state index is 0.0839. The van der Waals surface area contributed by atoms with Crippen LogP contribution in [0.25, 0.3) is 5.69 Å². The summed E-state index contributed by atoms with van der Waals surface area (Å²) in [6.07, 6.45) is 6.96. The molecule has 1 aromatic carbocycles. The Balaban J connectivity index is 1.61. The van der Waals surface area contributed by atoms with Crippen LogP contribution in [-0.2, 0) is 17.9 Å². The van der Waals surface area contributed by atoms with Gasteiger partial charge in [-0.15, -0.1) is 0 Å². The third kappa shape index (κ3) is 4.54. The largest absolute Gasteiger partial charge is 0.352 e. The second kappa shape index (κ2) is 8.06. The van der Waals surface area contributed by atoms with Crippen molar-refractivity contribution >= 4 is 11.8 Å². The van der Waals surface area contributed by atoms with Gasteiger partial charge in [0.25, 0.3) is 5.91 Å². The lowest BCUT2D eigenvalue weighted by molar-refractivity contribution is -0.119. The zero-order valence-corrected chi connectivity index (χ0v) is 14.3. The number of benzene rings is 1. The maximum Gasteiger partial charge on any atom is 0.251 e. The smallest absolute Gasteiger partial charge is 0.251 e. The van der Waals surface area contributed by atoms with Crippen molar-refractivity contribution in [2.45, 2.75) is 20.0 Å². The first-order valence-electron chi connectivity index (χ1n) is 8.17. The number of pyridine rings is 1. The summed E-state index contributed by atoms with van der Waals surface area (Å²) in [6, 6.07) is 10.9. The van der Waals surface area contributed by atoms with Crippen molar-refractivity contribution < 1.29 is 9.59 Å². The van der Waals surface area contributed by atoms with Gasteiger partial charge in [0.05, 0.1) is 11.9 Å². The Morgan fingerprint density at radius 2 is 1.77 bits per heavy atom. The Hall–Kier alpha value is -3.48. The van der Waals surface area contributed by atoms with Crippen molar-refractivity contribution in [2.75, 3.05) is 0 Å². The highest BCUT2D eigenvalue weighted by Gasteiger charge is 2.07. The molecule has 2 amide bonds. The molecule has 0 aliphatic carbocycles. The summed E-state index contributed by atoms with van der Waals surface area (Å²) in [5.74, 6) is -0.230. The summed E-state index contributed by atoms with van der Waals surface area (Å²) in [6.45, 7) is 2.34. The Bertz CT molecular complexity index is 888. The predicted octanol–water partition coefficient (Wildman–Crippen LogP) is 1.83. The van der Waals surface area contributed by atoms with Gasteiger partial charge in [-0.3, -0.25) is 14.6 Å². The van der Waals surface area contributed by atoms with Gasteiger partial charge in [-0.05, 0) is 35.9 Å². The van der Waals surface area contributed by atoms with Crippen molar-refractivity contribution in [1.29, 1.82) is 0 Å². The lowest BCUT2D eigenvalue weighted by Crippen LogP contribution is -2.22. The van der Waals surface area contributed by atoms with Gasteiger partial charge < -0.3 is 10.6 Å². The van der Waals surface area contributed by atoms with Crippen LogP contribution in [0, 0.1) is 0 Å². The topological polar surface area (TPSA) is 88.9 Å². The van der Waals surface area contributed by atoms with Crippen LogP contribution in [0.15, 0.2) is 61.2 Å². The average Bonchev–Trinajstić information content (AvgIpc) is 3.14. The van der Waals surface area contributed by atoms with Gasteiger partial charge in [0.1, 0.15) is 0 Å². The number of carbonyl (C=O) groups excluding carboxylic acids is 2. The molecular weight excluding hydrogens is 330 g/mol. The van der Waals surface area contributed by atoms with Gasteiger partial charge in [-0.25, -0.2) is 4.68 Å². The molecule has 7 nitrogen and oxygen atoms in total. The van der Waals surface area contributed by atoms with Crippen LogP contribution >= 0.6 is 0 Å². The summed E-state index contributed by atoms with van der Waals surface area (Å²) in [4.78, 5) is 27.2. The van der Waals surface area contributed by atoms with Crippen molar-refractivity contribution in [3.05, 3.63) is 77.9 Å². The first kappa shape index (κ1) is 17.3. The molecule has 0 saturated carbocycles. The molecular formula is C19H19N5O2. The van der Waals surface area contributed by atoms with Gasteiger partial charge in [-0.2, -0.15) is 5.10 Å². The third-order valence-electron chi connectivity index (χ3n) is 3.75. The number of amides is 2. The summed E-state index contributed by atoms with van der Waals surface area (Å²) in [7, 11) is 0. The molecule has 0 unspecified atom stereocenters. The number of rotatable bonds is 6. The van der Waals surface area contributed by atoms with Crippen LogP contribution in [-0.4, -0.2) is 26.6 Å². The lowest BCUT2D eigenvalue weighted by atomic mass is 10.2. The van der Waals surface area contributed by atoms with E-state index in [4.69, 9.17) is 0 Å². The van der Waals surface area contributed by atoms with E-state index in [9.17, 15) is 9.59 Å². The summed E-state index contributed by atoms with van der Waals surface area (Å²) >= 11 is 0.